The number of pyridine rings is 1. The molecular weight excluding hydrogens is 203 g/mol. The van der Waals surface area contributed by atoms with E-state index in [4.69, 9.17) is 0 Å². The fourth-order valence-corrected chi connectivity index (χ4v) is 1.78. The summed E-state index contributed by atoms with van der Waals surface area (Å²) in [5, 5.41) is 3.33. The summed E-state index contributed by atoms with van der Waals surface area (Å²) in [6, 6.07) is 1.87. The average Bonchev–Trinajstić information content (AvgIpc) is 2.25. The van der Waals surface area contributed by atoms with Crippen molar-refractivity contribution in [2.45, 2.75) is 39.7 Å². The van der Waals surface area contributed by atoms with Gasteiger partial charge in [-0.15, -0.1) is 0 Å². The van der Waals surface area contributed by atoms with Crippen LogP contribution in [0.1, 0.15) is 45.2 Å². The molecule has 1 aromatic rings. The van der Waals surface area contributed by atoms with E-state index in [0.717, 1.165) is 24.9 Å². The molecule has 1 heterocycles. The first-order valence-corrected chi connectivity index (χ1v) is 5.98. The van der Waals surface area contributed by atoms with E-state index in [2.05, 4.69) is 24.1 Å². The van der Waals surface area contributed by atoms with Crippen LogP contribution in [0, 0.1) is 11.7 Å². The lowest BCUT2D eigenvalue weighted by Gasteiger charge is -2.19. The van der Waals surface area contributed by atoms with Crippen LogP contribution in [0.4, 0.5) is 4.39 Å². The molecule has 0 aromatic carbocycles. The van der Waals surface area contributed by atoms with Gasteiger partial charge in [0.1, 0.15) is 5.82 Å². The Labute approximate surface area is 97.3 Å². The van der Waals surface area contributed by atoms with Crippen LogP contribution in [0.25, 0.3) is 0 Å². The molecule has 1 aromatic heterocycles. The van der Waals surface area contributed by atoms with E-state index in [9.17, 15) is 4.39 Å². The zero-order chi connectivity index (χ0) is 12.0. The second kappa shape index (κ2) is 6.59. The van der Waals surface area contributed by atoms with E-state index >= 15 is 0 Å². The van der Waals surface area contributed by atoms with Crippen molar-refractivity contribution in [3.8, 4) is 0 Å². The first-order valence-electron chi connectivity index (χ1n) is 5.98. The molecule has 0 amide bonds. The number of nitrogens with zero attached hydrogens (tertiary/aromatic N) is 1. The molecule has 0 bridgehead atoms. The van der Waals surface area contributed by atoms with Gasteiger partial charge in [-0.2, -0.15) is 0 Å². The summed E-state index contributed by atoms with van der Waals surface area (Å²) in [7, 11) is 0. The monoisotopic (exact) mass is 224 g/mol. The number of hydrogen-bond donors (Lipinski definition) is 1. The van der Waals surface area contributed by atoms with Gasteiger partial charge in [0.2, 0.25) is 0 Å². The number of aromatic nitrogens is 1. The molecule has 90 valence electrons. The van der Waals surface area contributed by atoms with Gasteiger partial charge >= 0.3 is 0 Å². The van der Waals surface area contributed by atoms with Gasteiger partial charge in [0, 0.05) is 17.8 Å². The minimum atomic E-state index is -0.211. The minimum Gasteiger partial charge on any atom is -0.310 e. The maximum absolute atomic E-state index is 13.6. The first kappa shape index (κ1) is 13.1. The van der Waals surface area contributed by atoms with Crippen LogP contribution in [0.5, 0.6) is 0 Å². The molecular formula is C13H21FN2. The van der Waals surface area contributed by atoms with E-state index < -0.39 is 0 Å². The molecule has 0 saturated heterocycles. The van der Waals surface area contributed by atoms with Crippen LogP contribution in [0.2, 0.25) is 0 Å². The smallest absolute Gasteiger partial charge is 0.146 e. The highest BCUT2D eigenvalue weighted by Crippen LogP contribution is 2.22. The second-order valence-electron chi connectivity index (χ2n) is 4.48. The predicted molar refractivity (Wildman–Crippen MR) is 64.7 cm³/mol. The van der Waals surface area contributed by atoms with E-state index in [1.54, 1.807) is 12.3 Å². The number of hydrogen-bond acceptors (Lipinski definition) is 2. The van der Waals surface area contributed by atoms with E-state index in [1.807, 2.05) is 6.92 Å². The Morgan fingerprint density at radius 1 is 1.38 bits per heavy atom. The molecule has 1 unspecified atom stereocenters. The van der Waals surface area contributed by atoms with Gasteiger partial charge < -0.3 is 5.32 Å². The van der Waals surface area contributed by atoms with Crippen molar-refractivity contribution >= 4 is 0 Å². The summed E-state index contributed by atoms with van der Waals surface area (Å²) in [5.74, 6) is 0.434. The molecule has 0 saturated carbocycles. The van der Waals surface area contributed by atoms with Crippen molar-refractivity contribution in [3.05, 3.63) is 29.8 Å². The quantitative estimate of drug-likeness (QED) is 0.802. The van der Waals surface area contributed by atoms with Crippen molar-refractivity contribution in [3.63, 3.8) is 0 Å². The zero-order valence-electron chi connectivity index (χ0n) is 10.3. The van der Waals surface area contributed by atoms with Crippen LogP contribution in [0.15, 0.2) is 18.5 Å². The van der Waals surface area contributed by atoms with E-state index in [0.29, 0.717) is 5.92 Å². The lowest BCUT2D eigenvalue weighted by molar-refractivity contribution is 0.433. The van der Waals surface area contributed by atoms with Crippen molar-refractivity contribution < 1.29 is 4.39 Å². The Morgan fingerprint density at radius 2 is 2.12 bits per heavy atom. The number of halogens is 1. The molecule has 2 nitrogen and oxygen atoms in total. The first-order chi connectivity index (χ1) is 7.65. The van der Waals surface area contributed by atoms with Gasteiger partial charge in [0.05, 0.1) is 6.20 Å². The molecule has 0 aliphatic heterocycles. The van der Waals surface area contributed by atoms with E-state index in [-0.39, 0.29) is 11.9 Å². The molecule has 0 aliphatic rings. The van der Waals surface area contributed by atoms with Gasteiger partial charge in [0.25, 0.3) is 0 Å². The standard InChI is InChI=1S/C13H21FN2/c1-4-16-13(6-5-10(2)3)11-7-8-15-9-12(11)14/h7-10,13,16H,4-6H2,1-3H3. The topological polar surface area (TPSA) is 24.9 Å². The number of nitrogens with one attached hydrogen (secondary N) is 1. The van der Waals surface area contributed by atoms with Crippen LogP contribution >= 0.6 is 0 Å². The summed E-state index contributed by atoms with van der Waals surface area (Å²) in [4.78, 5) is 3.78. The van der Waals surface area contributed by atoms with Gasteiger partial charge in [-0.25, -0.2) is 4.39 Å². The molecule has 0 aliphatic carbocycles. The molecule has 0 spiro atoms. The summed E-state index contributed by atoms with van der Waals surface area (Å²) in [6.45, 7) is 7.27. The third kappa shape index (κ3) is 3.89. The fourth-order valence-electron chi connectivity index (χ4n) is 1.78. The van der Waals surface area contributed by atoms with Crippen molar-refractivity contribution in [1.82, 2.24) is 10.3 Å². The highest BCUT2D eigenvalue weighted by molar-refractivity contribution is 5.17. The summed E-state index contributed by atoms with van der Waals surface area (Å²) in [5.41, 5.74) is 0.734. The molecule has 1 atom stereocenters. The lowest BCUT2D eigenvalue weighted by atomic mass is 9.98. The normalized spacial score (nSPS) is 13.1. The van der Waals surface area contributed by atoms with Crippen molar-refractivity contribution in [1.29, 1.82) is 0 Å². The zero-order valence-corrected chi connectivity index (χ0v) is 10.3. The third-order valence-corrected chi connectivity index (χ3v) is 2.66. The highest BCUT2D eigenvalue weighted by atomic mass is 19.1. The molecule has 1 rings (SSSR count). The molecule has 16 heavy (non-hydrogen) atoms. The van der Waals surface area contributed by atoms with Crippen molar-refractivity contribution in [2.75, 3.05) is 6.54 Å². The number of rotatable bonds is 6. The maximum Gasteiger partial charge on any atom is 0.146 e. The van der Waals surface area contributed by atoms with Crippen LogP contribution < -0.4 is 5.32 Å². The fraction of sp³-hybridized carbons (Fsp3) is 0.615. The molecule has 3 heteroatoms. The van der Waals surface area contributed by atoms with E-state index in [1.165, 1.54) is 6.20 Å². The van der Waals surface area contributed by atoms with Crippen LogP contribution in [0.3, 0.4) is 0 Å². The minimum absolute atomic E-state index is 0.107. The van der Waals surface area contributed by atoms with Gasteiger partial charge in [-0.05, 0) is 31.4 Å². The molecule has 0 fully saturated rings. The van der Waals surface area contributed by atoms with Crippen LogP contribution in [-0.4, -0.2) is 11.5 Å². The van der Waals surface area contributed by atoms with Crippen LogP contribution in [-0.2, 0) is 0 Å². The van der Waals surface area contributed by atoms with Crippen molar-refractivity contribution in [2.24, 2.45) is 5.92 Å². The predicted octanol–water partition coefficient (Wildman–Crippen LogP) is 3.31. The Morgan fingerprint density at radius 3 is 2.69 bits per heavy atom. The Hall–Kier alpha value is -0.960. The third-order valence-electron chi connectivity index (χ3n) is 2.66. The average molecular weight is 224 g/mol. The van der Waals surface area contributed by atoms with Gasteiger partial charge in [-0.1, -0.05) is 20.8 Å². The summed E-state index contributed by atoms with van der Waals surface area (Å²) < 4.78 is 13.6. The Balaban J connectivity index is 2.73. The summed E-state index contributed by atoms with van der Waals surface area (Å²) in [6.07, 6.45) is 5.00. The Bertz CT molecular complexity index is 313. The Kier molecular flexibility index (Phi) is 5.39. The maximum atomic E-state index is 13.6. The second-order valence-corrected chi connectivity index (χ2v) is 4.48. The molecule has 0 radical (unpaired) electrons. The SMILES string of the molecule is CCNC(CCC(C)C)c1ccncc1F. The molecule has 1 N–H and O–H groups in total. The van der Waals surface area contributed by atoms with Gasteiger partial charge in [-0.3, -0.25) is 4.98 Å². The highest BCUT2D eigenvalue weighted by Gasteiger charge is 2.14. The summed E-state index contributed by atoms with van der Waals surface area (Å²) >= 11 is 0. The largest absolute Gasteiger partial charge is 0.310 e. The van der Waals surface area contributed by atoms with Gasteiger partial charge in [0.15, 0.2) is 0 Å². The lowest BCUT2D eigenvalue weighted by Crippen LogP contribution is -2.22.